The molecule has 6 unspecified atom stereocenters. The topological polar surface area (TPSA) is 113 Å². The molecule has 2 aliphatic heterocycles. The van der Waals surface area contributed by atoms with Crippen LogP contribution >= 0.6 is 11.6 Å². The van der Waals surface area contributed by atoms with Crippen LogP contribution in [0.1, 0.15) is 29.5 Å². The van der Waals surface area contributed by atoms with Crippen molar-refractivity contribution in [2.45, 2.75) is 18.3 Å². The zero-order valence-electron chi connectivity index (χ0n) is 29.6. The third kappa shape index (κ3) is 5.21. The van der Waals surface area contributed by atoms with E-state index in [1.807, 2.05) is 60.7 Å². The van der Waals surface area contributed by atoms with Crippen LogP contribution in [0.3, 0.4) is 0 Å². The number of phenolic OH excluding ortho intramolecular Hbond substituents is 1. The molecule has 2 heterocycles. The summed E-state index contributed by atoms with van der Waals surface area (Å²) in [6.45, 7) is 3.80. The summed E-state index contributed by atoms with van der Waals surface area (Å²) in [6.07, 6.45) is 7.90. The second-order valence-electron chi connectivity index (χ2n) is 14.1. The summed E-state index contributed by atoms with van der Waals surface area (Å²) in [7, 11) is 2.88. The lowest BCUT2D eigenvalue weighted by atomic mass is 9.50. The largest absolute Gasteiger partial charge is 0.502 e. The van der Waals surface area contributed by atoms with Gasteiger partial charge in [0.2, 0.25) is 29.4 Å². The summed E-state index contributed by atoms with van der Waals surface area (Å²) in [5.41, 5.74) is 2.37. The van der Waals surface area contributed by atoms with Gasteiger partial charge in [0.1, 0.15) is 0 Å². The number of carbonyl (C=O) groups is 4. The highest BCUT2D eigenvalue weighted by molar-refractivity contribution is 6.32. The van der Waals surface area contributed by atoms with Crippen LogP contribution in [0.5, 0.6) is 17.2 Å². The molecule has 1 saturated carbocycles. The minimum atomic E-state index is -1.41. The molecule has 9 nitrogen and oxygen atoms in total. The second kappa shape index (κ2) is 13.5. The number of hydrogen-bond acceptors (Lipinski definition) is 7. The Balaban J connectivity index is 1.32. The van der Waals surface area contributed by atoms with Gasteiger partial charge in [0.25, 0.3) is 0 Å². The van der Waals surface area contributed by atoms with Gasteiger partial charge in [-0.05, 0) is 77.9 Å². The number of phenols is 1. The van der Waals surface area contributed by atoms with Crippen molar-refractivity contribution in [3.8, 4) is 17.2 Å². The van der Waals surface area contributed by atoms with Crippen molar-refractivity contribution in [1.82, 2.24) is 0 Å². The fraction of sp³-hybridized carbons (Fsp3) is 0.227. The highest BCUT2D eigenvalue weighted by Crippen LogP contribution is 2.62. The SMILES string of the molecule is C=Cc1ccc(N2C(=O)C3CC=C4C(CC5C(=O)N(c6cccc(Cl)c6)C(=O)C5(c5ccccc5)C4C=Cc4cc(OC)c(O)c(OC)c4)C3C2=O)cc1. The number of halogens is 1. The summed E-state index contributed by atoms with van der Waals surface area (Å²) < 4.78 is 10.9. The predicted octanol–water partition coefficient (Wildman–Crippen LogP) is 7.62. The lowest BCUT2D eigenvalue weighted by Crippen LogP contribution is -2.54. The zero-order valence-corrected chi connectivity index (χ0v) is 30.4. The minimum absolute atomic E-state index is 0.154. The van der Waals surface area contributed by atoms with E-state index in [1.54, 1.807) is 54.6 Å². The highest BCUT2D eigenvalue weighted by atomic mass is 35.5. The lowest BCUT2D eigenvalue weighted by Gasteiger charge is -2.49. The number of imide groups is 2. The molecule has 0 bridgehead atoms. The molecule has 0 aromatic heterocycles. The summed E-state index contributed by atoms with van der Waals surface area (Å²) in [6, 6.07) is 26.4. The van der Waals surface area contributed by atoms with Crippen LogP contribution in [-0.2, 0) is 24.6 Å². The number of amides is 4. The molecule has 2 saturated heterocycles. The van der Waals surface area contributed by atoms with E-state index in [9.17, 15) is 19.5 Å². The molecule has 0 spiro atoms. The van der Waals surface area contributed by atoms with Crippen molar-refractivity contribution in [3.63, 3.8) is 0 Å². The number of anilines is 2. The fourth-order valence-electron chi connectivity index (χ4n) is 9.22. The number of aromatic hydroxyl groups is 1. The summed E-state index contributed by atoms with van der Waals surface area (Å²) in [5.74, 6) is -4.66. The number of carbonyl (C=O) groups excluding carboxylic acids is 4. The normalized spacial score (nSPS) is 26.1. The molecule has 54 heavy (non-hydrogen) atoms. The Morgan fingerprint density at radius 1 is 0.796 bits per heavy atom. The molecule has 6 atom stereocenters. The Morgan fingerprint density at radius 2 is 1.50 bits per heavy atom. The third-order valence-electron chi connectivity index (χ3n) is 11.6. The fourth-order valence-corrected chi connectivity index (χ4v) is 9.41. The molecule has 0 radical (unpaired) electrons. The van der Waals surface area contributed by atoms with Gasteiger partial charge < -0.3 is 14.6 Å². The Kier molecular flexibility index (Phi) is 8.77. The van der Waals surface area contributed by atoms with Gasteiger partial charge in [-0.3, -0.25) is 24.1 Å². The van der Waals surface area contributed by atoms with Crippen molar-refractivity contribution >= 4 is 58.8 Å². The first-order valence-electron chi connectivity index (χ1n) is 17.8. The van der Waals surface area contributed by atoms with Crippen LogP contribution < -0.4 is 19.3 Å². The van der Waals surface area contributed by atoms with E-state index in [4.69, 9.17) is 21.1 Å². The van der Waals surface area contributed by atoms with Gasteiger partial charge in [-0.25, -0.2) is 4.90 Å². The number of nitrogens with zero attached hydrogens (tertiary/aromatic N) is 2. The van der Waals surface area contributed by atoms with Crippen molar-refractivity contribution in [3.05, 3.63) is 137 Å². The van der Waals surface area contributed by atoms with Gasteiger partial charge in [-0.2, -0.15) is 0 Å². The van der Waals surface area contributed by atoms with E-state index in [0.29, 0.717) is 33.9 Å². The van der Waals surface area contributed by atoms with Gasteiger partial charge in [-0.15, -0.1) is 0 Å². The summed E-state index contributed by atoms with van der Waals surface area (Å²) in [5, 5.41) is 11.0. The summed E-state index contributed by atoms with van der Waals surface area (Å²) >= 11 is 6.41. The van der Waals surface area contributed by atoms with Gasteiger partial charge in [0.05, 0.1) is 48.8 Å². The van der Waals surface area contributed by atoms with E-state index in [1.165, 1.54) is 24.0 Å². The maximum atomic E-state index is 15.4. The zero-order chi connectivity index (χ0) is 37.9. The first-order chi connectivity index (χ1) is 26.1. The smallest absolute Gasteiger partial charge is 0.246 e. The number of hydrogen-bond donors (Lipinski definition) is 1. The average Bonchev–Trinajstić information content (AvgIpc) is 3.58. The highest BCUT2D eigenvalue weighted by Gasteiger charge is 2.69. The molecular formula is C44H37ClN2O7. The molecule has 4 amide bonds. The van der Waals surface area contributed by atoms with E-state index in [0.717, 1.165) is 11.1 Å². The van der Waals surface area contributed by atoms with Crippen molar-refractivity contribution in [1.29, 1.82) is 0 Å². The number of methoxy groups -OCH3 is 2. The average molecular weight is 741 g/mol. The van der Waals surface area contributed by atoms with E-state index in [2.05, 4.69) is 6.58 Å². The maximum absolute atomic E-state index is 15.4. The number of fused-ring (bicyclic) bond motifs is 4. The standard InChI is InChI=1S/C44H37ClN2O7/c1-4-25-13-16-29(17-14-25)46-40(49)32-19-18-31-33(38(32)42(46)51)24-35-41(50)47(30-12-8-11-28(45)23-30)43(52)44(35,27-9-6-5-7-10-27)34(31)20-15-26-21-36(53-2)39(48)37(22-26)54-3/h4-18,20-23,32-35,38,48H,1,19,24H2,2-3H3. The van der Waals surface area contributed by atoms with Crippen LogP contribution in [0, 0.1) is 29.6 Å². The molecule has 8 rings (SSSR count). The molecule has 272 valence electrons. The third-order valence-corrected chi connectivity index (χ3v) is 11.8. The van der Waals surface area contributed by atoms with E-state index in [-0.39, 0.29) is 35.5 Å². The molecule has 4 aliphatic rings. The second-order valence-corrected chi connectivity index (χ2v) is 14.5. The maximum Gasteiger partial charge on any atom is 0.246 e. The van der Waals surface area contributed by atoms with Gasteiger partial charge >= 0.3 is 0 Å². The van der Waals surface area contributed by atoms with Crippen molar-refractivity contribution in [2.75, 3.05) is 24.0 Å². The molecule has 1 N–H and O–H groups in total. The number of rotatable bonds is 8. The van der Waals surface area contributed by atoms with Gasteiger partial charge in [-0.1, -0.05) is 96.6 Å². The van der Waals surface area contributed by atoms with Crippen LogP contribution in [0.2, 0.25) is 5.02 Å². The minimum Gasteiger partial charge on any atom is -0.502 e. The van der Waals surface area contributed by atoms with Crippen LogP contribution in [0.25, 0.3) is 12.2 Å². The summed E-state index contributed by atoms with van der Waals surface area (Å²) in [4.78, 5) is 61.4. The molecule has 4 aromatic carbocycles. The van der Waals surface area contributed by atoms with Gasteiger partial charge in [0, 0.05) is 10.9 Å². The monoisotopic (exact) mass is 740 g/mol. The Labute approximate surface area is 317 Å². The number of ether oxygens (including phenoxy) is 2. The molecule has 4 aromatic rings. The first-order valence-corrected chi connectivity index (χ1v) is 18.1. The quantitative estimate of drug-likeness (QED) is 0.146. The molecule has 10 heteroatoms. The first kappa shape index (κ1) is 35.1. The Bertz CT molecular complexity index is 2260. The van der Waals surface area contributed by atoms with Crippen LogP contribution in [0.4, 0.5) is 11.4 Å². The van der Waals surface area contributed by atoms with Crippen molar-refractivity contribution < 1.29 is 33.8 Å². The van der Waals surface area contributed by atoms with E-state index < -0.39 is 46.8 Å². The van der Waals surface area contributed by atoms with Gasteiger partial charge in [0.15, 0.2) is 11.5 Å². The Morgan fingerprint density at radius 3 is 2.15 bits per heavy atom. The molecule has 3 fully saturated rings. The Hall–Kier alpha value is -5.93. The van der Waals surface area contributed by atoms with E-state index >= 15 is 4.79 Å². The van der Waals surface area contributed by atoms with Crippen molar-refractivity contribution in [2.24, 2.45) is 29.6 Å². The molecule has 2 aliphatic carbocycles. The predicted molar refractivity (Wildman–Crippen MR) is 206 cm³/mol. The van der Waals surface area contributed by atoms with Crippen LogP contribution in [-0.4, -0.2) is 43.0 Å². The lowest BCUT2D eigenvalue weighted by molar-refractivity contribution is -0.128. The van der Waals surface area contributed by atoms with Crippen LogP contribution in [0.15, 0.2) is 115 Å². The molecular weight excluding hydrogens is 704 g/mol. The number of allylic oxidation sites excluding steroid dienone is 3. The number of benzene rings is 4.